The first-order valence-electron chi connectivity index (χ1n) is 18.0. The van der Waals surface area contributed by atoms with Gasteiger partial charge in [0.15, 0.2) is 5.82 Å². The summed E-state index contributed by atoms with van der Waals surface area (Å²) in [5.74, 6) is 0.695. The second-order valence-electron chi connectivity index (χ2n) is 13.5. The van der Waals surface area contributed by atoms with Crippen molar-refractivity contribution in [2.45, 2.75) is 0 Å². The Morgan fingerprint density at radius 1 is 0.426 bits per heavy atom. The molecule has 0 amide bonds. The fourth-order valence-corrected chi connectivity index (χ4v) is 8.92. The van der Waals surface area contributed by atoms with Crippen molar-refractivity contribution in [2.24, 2.45) is 0 Å². The third-order valence-electron chi connectivity index (χ3n) is 10.3. The summed E-state index contributed by atoms with van der Waals surface area (Å²) >= 11 is 1.84. The van der Waals surface area contributed by atoms with E-state index in [1.165, 1.54) is 25.7 Å². The second-order valence-corrected chi connectivity index (χ2v) is 14.6. The fourth-order valence-electron chi connectivity index (χ4n) is 7.68. The molecule has 0 bridgehead atoms. The number of hydrogen-bond donors (Lipinski definition) is 0. The molecule has 0 saturated carbocycles. The molecule has 0 aliphatic carbocycles. The molecule has 4 nitrogen and oxygen atoms in total. The van der Waals surface area contributed by atoms with E-state index in [-0.39, 0.29) is 0 Å². The highest BCUT2D eigenvalue weighted by Gasteiger charge is 2.20. The second kappa shape index (κ2) is 12.3. The topological polar surface area (TPSA) is 51.8 Å². The van der Waals surface area contributed by atoms with Crippen LogP contribution in [-0.2, 0) is 0 Å². The van der Waals surface area contributed by atoms with Crippen molar-refractivity contribution in [1.29, 1.82) is 0 Å². The molecule has 5 heteroatoms. The number of para-hydroxylation sites is 1. The zero-order chi connectivity index (χ0) is 35.6. The van der Waals surface area contributed by atoms with Gasteiger partial charge in [-0.3, -0.25) is 0 Å². The van der Waals surface area contributed by atoms with Crippen LogP contribution >= 0.6 is 11.3 Å². The Labute approximate surface area is 314 Å². The van der Waals surface area contributed by atoms with Crippen LogP contribution in [0.25, 0.3) is 109 Å². The molecule has 0 atom stereocenters. The normalized spacial score (nSPS) is 11.7. The molecule has 0 saturated heterocycles. The molecule has 4 aromatic heterocycles. The highest BCUT2D eigenvalue weighted by molar-refractivity contribution is 7.26. The van der Waals surface area contributed by atoms with Gasteiger partial charge in [0, 0.05) is 53.2 Å². The SMILES string of the molecule is c1ccc(-c2cc(-c3ccc(-c4nc5cc(-c6cccc7c6sc6ccccc67)ccc5c5oc6ccccc6c45)cc3)nc(-c3ccccc3)n2)cc1. The number of aromatic nitrogens is 3. The smallest absolute Gasteiger partial charge is 0.160 e. The number of thiophene rings is 1. The molecular formula is C49H29N3OS. The Hall–Kier alpha value is -6.95. The molecule has 11 aromatic rings. The highest BCUT2D eigenvalue weighted by Crippen LogP contribution is 2.43. The van der Waals surface area contributed by atoms with Crippen LogP contribution in [0.2, 0.25) is 0 Å². The lowest BCUT2D eigenvalue weighted by atomic mass is 9.98. The van der Waals surface area contributed by atoms with Gasteiger partial charge in [0.05, 0.1) is 28.0 Å². The van der Waals surface area contributed by atoms with Crippen LogP contribution in [0, 0.1) is 0 Å². The molecular weight excluding hydrogens is 679 g/mol. The lowest BCUT2D eigenvalue weighted by molar-refractivity contribution is 0.672. The number of fused-ring (bicyclic) bond motifs is 8. The van der Waals surface area contributed by atoms with Crippen molar-refractivity contribution in [2.75, 3.05) is 0 Å². The average molecular weight is 708 g/mol. The zero-order valence-corrected chi connectivity index (χ0v) is 29.7. The summed E-state index contributed by atoms with van der Waals surface area (Å²) in [6.07, 6.45) is 0. The molecule has 0 spiro atoms. The molecule has 0 unspecified atom stereocenters. The molecule has 0 fully saturated rings. The largest absolute Gasteiger partial charge is 0.455 e. The van der Waals surface area contributed by atoms with Crippen LogP contribution in [0.5, 0.6) is 0 Å². The van der Waals surface area contributed by atoms with Gasteiger partial charge >= 0.3 is 0 Å². The maximum absolute atomic E-state index is 6.63. The van der Waals surface area contributed by atoms with Crippen molar-refractivity contribution in [3.05, 3.63) is 176 Å². The van der Waals surface area contributed by atoms with Gasteiger partial charge in [0.1, 0.15) is 11.2 Å². The van der Waals surface area contributed by atoms with Crippen molar-refractivity contribution in [3.63, 3.8) is 0 Å². The molecule has 0 aliphatic heterocycles. The number of benzene rings is 7. The van der Waals surface area contributed by atoms with Crippen LogP contribution in [-0.4, -0.2) is 15.0 Å². The number of hydrogen-bond acceptors (Lipinski definition) is 5. The van der Waals surface area contributed by atoms with Gasteiger partial charge < -0.3 is 4.42 Å². The number of pyridine rings is 1. The Bertz CT molecular complexity index is 3140. The van der Waals surface area contributed by atoms with E-state index in [1.54, 1.807) is 0 Å². The minimum Gasteiger partial charge on any atom is -0.455 e. The number of furan rings is 1. The standard InChI is InChI=1S/C49H29N3OS/c1-3-12-30(13-4-1)40-29-41(52-49(51-40)33-14-5-2-6-15-33)31-22-24-32(25-23-31)46-45-39-17-7-9-20-43(39)53-47(45)38-27-26-34(28-42(38)50-46)35-18-11-19-37-36-16-8-10-21-44(36)54-48(35)37/h1-29H. The predicted octanol–water partition coefficient (Wildman–Crippen LogP) is 13.6. The number of nitrogens with zero attached hydrogens (tertiary/aromatic N) is 3. The van der Waals surface area contributed by atoms with Gasteiger partial charge in [-0.25, -0.2) is 15.0 Å². The molecule has 0 N–H and O–H groups in total. The van der Waals surface area contributed by atoms with Gasteiger partial charge in [-0.15, -0.1) is 11.3 Å². The molecule has 54 heavy (non-hydrogen) atoms. The summed E-state index contributed by atoms with van der Waals surface area (Å²) < 4.78 is 9.21. The quantitative estimate of drug-likeness (QED) is 0.179. The summed E-state index contributed by atoms with van der Waals surface area (Å²) in [7, 11) is 0. The highest BCUT2D eigenvalue weighted by atomic mass is 32.1. The van der Waals surface area contributed by atoms with Gasteiger partial charge in [0.2, 0.25) is 0 Å². The van der Waals surface area contributed by atoms with E-state index in [1.807, 2.05) is 59.9 Å². The minimum absolute atomic E-state index is 0.695. The minimum atomic E-state index is 0.695. The van der Waals surface area contributed by atoms with E-state index in [0.717, 1.165) is 77.7 Å². The van der Waals surface area contributed by atoms with Crippen molar-refractivity contribution >= 4 is 64.4 Å². The van der Waals surface area contributed by atoms with Gasteiger partial charge in [0.25, 0.3) is 0 Å². The zero-order valence-electron chi connectivity index (χ0n) is 28.9. The fraction of sp³-hybridized carbons (Fsp3) is 0. The number of rotatable bonds is 5. The Morgan fingerprint density at radius 2 is 1.06 bits per heavy atom. The predicted molar refractivity (Wildman–Crippen MR) is 225 cm³/mol. The molecule has 252 valence electrons. The Balaban J connectivity index is 1.07. The van der Waals surface area contributed by atoms with Gasteiger partial charge in [-0.1, -0.05) is 146 Å². The van der Waals surface area contributed by atoms with E-state index < -0.39 is 0 Å². The summed E-state index contributed by atoms with van der Waals surface area (Å²) in [5.41, 5.74) is 11.6. The maximum atomic E-state index is 6.63. The molecule has 0 aliphatic rings. The van der Waals surface area contributed by atoms with Crippen LogP contribution in [0.15, 0.2) is 180 Å². The van der Waals surface area contributed by atoms with E-state index in [2.05, 4.69) is 127 Å². The first-order valence-corrected chi connectivity index (χ1v) is 18.8. The summed E-state index contributed by atoms with van der Waals surface area (Å²) in [4.78, 5) is 15.5. The first kappa shape index (κ1) is 30.7. The summed E-state index contributed by atoms with van der Waals surface area (Å²) in [6.45, 7) is 0. The van der Waals surface area contributed by atoms with Crippen LogP contribution < -0.4 is 0 Å². The first-order chi connectivity index (χ1) is 26.7. The lowest BCUT2D eigenvalue weighted by Gasteiger charge is -2.11. The van der Waals surface area contributed by atoms with Gasteiger partial charge in [-0.05, 0) is 41.5 Å². The summed E-state index contributed by atoms with van der Waals surface area (Å²) in [6, 6.07) is 61.2. The van der Waals surface area contributed by atoms with Crippen LogP contribution in [0.3, 0.4) is 0 Å². The lowest BCUT2D eigenvalue weighted by Crippen LogP contribution is -1.96. The molecule has 0 radical (unpaired) electrons. The molecule has 11 rings (SSSR count). The van der Waals surface area contributed by atoms with Gasteiger partial charge in [-0.2, -0.15) is 0 Å². The maximum Gasteiger partial charge on any atom is 0.160 e. The Morgan fingerprint density at radius 3 is 1.85 bits per heavy atom. The molecule has 4 heterocycles. The van der Waals surface area contributed by atoms with Crippen molar-refractivity contribution in [3.8, 4) is 56.3 Å². The van der Waals surface area contributed by atoms with Crippen LogP contribution in [0.4, 0.5) is 0 Å². The Kier molecular flexibility index (Phi) is 7.00. The molecule has 7 aromatic carbocycles. The van der Waals surface area contributed by atoms with E-state index >= 15 is 0 Å². The summed E-state index contributed by atoms with van der Waals surface area (Å²) in [5, 5.41) is 5.64. The monoisotopic (exact) mass is 707 g/mol. The van der Waals surface area contributed by atoms with Crippen LogP contribution in [0.1, 0.15) is 0 Å². The average Bonchev–Trinajstić information content (AvgIpc) is 3.83. The third kappa shape index (κ3) is 5.01. The van der Waals surface area contributed by atoms with Crippen molar-refractivity contribution < 1.29 is 4.42 Å². The van der Waals surface area contributed by atoms with E-state index in [0.29, 0.717) is 5.82 Å². The van der Waals surface area contributed by atoms with E-state index in [4.69, 9.17) is 19.4 Å². The third-order valence-corrected chi connectivity index (χ3v) is 11.5. The van der Waals surface area contributed by atoms with Crippen molar-refractivity contribution in [1.82, 2.24) is 15.0 Å². The van der Waals surface area contributed by atoms with E-state index in [9.17, 15) is 0 Å².